The average molecular weight is 497 g/mol. The number of ketones is 1. The number of fused-ring (bicyclic) bond motifs is 1. The largest absolute Gasteiger partial charge is 0.478 e. The van der Waals surface area contributed by atoms with Gasteiger partial charge in [-0.05, 0) is 38.8 Å². The van der Waals surface area contributed by atoms with Gasteiger partial charge in [0, 0.05) is 38.3 Å². The lowest BCUT2D eigenvalue weighted by Gasteiger charge is -2.42. The van der Waals surface area contributed by atoms with Crippen molar-refractivity contribution in [3.05, 3.63) is 47.0 Å². The molecule has 0 aliphatic carbocycles. The highest BCUT2D eigenvalue weighted by atomic mass is 16.4. The summed E-state index contributed by atoms with van der Waals surface area (Å²) in [5.74, 6) is -1.56. The Morgan fingerprint density at radius 3 is 2.61 bits per heavy atom. The molecule has 0 radical (unpaired) electrons. The van der Waals surface area contributed by atoms with E-state index in [1.165, 1.54) is 29.2 Å². The van der Waals surface area contributed by atoms with Crippen LogP contribution in [0, 0.1) is 0 Å². The van der Waals surface area contributed by atoms with E-state index in [1.54, 1.807) is 7.05 Å². The van der Waals surface area contributed by atoms with Crippen LogP contribution in [0.5, 0.6) is 0 Å². The number of carboxylic acid groups (broad SMARTS) is 1. The lowest BCUT2D eigenvalue weighted by molar-refractivity contribution is -0.136. The fourth-order valence-corrected chi connectivity index (χ4v) is 4.80. The minimum Gasteiger partial charge on any atom is -0.478 e. The van der Waals surface area contributed by atoms with E-state index in [9.17, 15) is 24.3 Å². The van der Waals surface area contributed by atoms with Crippen LogP contribution in [0.25, 0.3) is 0 Å². The fourth-order valence-electron chi connectivity index (χ4n) is 4.80. The van der Waals surface area contributed by atoms with E-state index >= 15 is 0 Å². The summed E-state index contributed by atoms with van der Waals surface area (Å²) in [6.07, 6.45) is 3.11. The molecule has 192 valence electrons. The van der Waals surface area contributed by atoms with Crippen molar-refractivity contribution >= 4 is 29.7 Å². The van der Waals surface area contributed by atoms with Crippen LogP contribution < -0.4 is 5.73 Å². The average Bonchev–Trinajstić information content (AvgIpc) is 3.23. The summed E-state index contributed by atoms with van der Waals surface area (Å²) in [6, 6.07) is 4.15. The summed E-state index contributed by atoms with van der Waals surface area (Å²) >= 11 is 0. The normalized spacial score (nSPS) is 24.0. The van der Waals surface area contributed by atoms with Gasteiger partial charge in [0.05, 0.1) is 12.1 Å². The van der Waals surface area contributed by atoms with Gasteiger partial charge in [0.2, 0.25) is 0 Å². The predicted octanol–water partition coefficient (Wildman–Crippen LogP) is 1.22. The van der Waals surface area contributed by atoms with E-state index in [0.717, 1.165) is 29.9 Å². The number of carboxylic acids is 1. The van der Waals surface area contributed by atoms with Crippen molar-refractivity contribution in [3.8, 4) is 0 Å². The molecule has 0 aromatic heterocycles. The van der Waals surface area contributed by atoms with Crippen molar-refractivity contribution in [1.82, 2.24) is 19.6 Å². The fraction of sp³-hybridized carbons (Fsp3) is 0.480. The number of Topliss-reactive ketones (excluding diaryl/α,β-unsaturated/α-hetero) is 1. The van der Waals surface area contributed by atoms with E-state index in [0.29, 0.717) is 19.0 Å². The molecular formula is C25H32N6O5. The summed E-state index contributed by atoms with van der Waals surface area (Å²) in [5, 5.41) is 9.23. The van der Waals surface area contributed by atoms with Gasteiger partial charge < -0.3 is 25.5 Å². The van der Waals surface area contributed by atoms with E-state index in [2.05, 4.69) is 4.90 Å². The molecule has 0 saturated carbocycles. The number of piperidine rings is 1. The molecule has 11 nitrogen and oxygen atoms in total. The minimum absolute atomic E-state index is 0.000121. The topological polar surface area (TPSA) is 140 Å². The molecule has 3 unspecified atom stereocenters. The molecule has 3 N–H and O–H groups in total. The second-order valence-electron chi connectivity index (χ2n) is 9.70. The number of benzene rings is 1. The monoisotopic (exact) mass is 496 g/mol. The van der Waals surface area contributed by atoms with E-state index in [4.69, 9.17) is 10.7 Å². The van der Waals surface area contributed by atoms with E-state index in [-0.39, 0.29) is 17.2 Å². The number of nitrogens with zero attached hydrogens (tertiary/aromatic N) is 5. The zero-order chi connectivity index (χ0) is 26.1. The van der Waals surface area contributed by atoms with Crippen LogP contribution in [0.2, 0.25) is 0 Å². The van der Waals surface area contributed by atoms with Gasteiger partial charge in [-0.3, -0.25) is 14.5 Å². The second-order valence-corrected chi connectivity index (χ2v) is 9.70. The SMILES string of the molecule is CC(C)=CCN1C(N2CCCC(N)C2)=NC2C1C(=O)N(CC(=O)c1cccc(C(=O)O)c1)C(=O)N2C. The van der Waals surface area contributed by atoms with Gasteiger partial charge in [0.15, 0.2) is 24.0 Å². The zero-order valence-electron chi connectivity index (χ0n) is 20.8. The molecule has 1 aromatic carbocycles. The Morgan fingerprint density at radius 1 is 1.22 bits per heavy atom. The Balaban J connectivity index is 1.62. The summed E-state index contributed by atoms with van der Waals surface area (Å²) in [7, 11) is 1.57. The second kappa shape index (κ2) is 10.1. The smallest absolute Gasteiger partial charge is 0.335 e. The summed E-state index contributed by atoms with van der Waals surface area (Å²) in [5.41, 5.74) is 7.35. The van der Waals surface area contributed by atoms with Crippen LogP contribution in [0.15, 0.2) is 40.9 Å². The number of nitrogens with two attached hydrogens (primary N) is 1. The minimum atomic E-state index is -1.17. The van der Waals surface area contributed by atoms with Gasteiger partial charge >= 0.3 is 12.0 Å². The Labute approximate surface area is 209 Å². The molecular weight excluding hydrogens is 464 g/mol. The first kappa shape index (κ1) is 25.4. The first-order valence-corrected chi connectivity index (χ1v) is 12.0. The molecule has 3 aliphatic heterocycles. The van der Waals surface area contributed by atoms with Crippen LogP contribution >= 0.6 is 0 Å². The number of allylic oxidation sites excluding steroid dienone is 1. The molecule has 0 bridgehead atoms. The number of hydrogen-bond acceptors (Lipinski definition) is 8. The first-order valence-electron chi connectivity index (χ1n) is 12.0. The lowest BCUT2D eigenvalue weighted by atomic mass is 10.0. The molecule has 2 saturated heterocycles. The number of carbonyl (C=O) groups excluding carboxylic acids is 3. The quantitative estimate of drug-likeness (QED) is 0.443. The number of aliphatic imine (C=N–C) groups is 1. The molecule has 3 heterocycles. The number of likely N-dealkylation sites (tertiary alicyclic amines) is 1. The van der Waals surface area contributed by atoms with Gasteiger partial charge in [0.1, 0.15) is 0 Å². The zero-order valence-corrected chi connectivity index (χ0v) is 20.8. The highest BCUT2D eigenvalue weighted by Gasteiger charge is 2.53. The molecule has 36 heavy (non-hydrogen) atoms. The number of carbonyl (C=O) groups is 4. The number of hydrogen-bond donors (Lipinski definition) is 2. The van der Waals surface area contributed by atoms with E-state index in [1.807, 2.05) is 24.8 Å². The molecule has 3 atom stereocenters. The third-order valence-corrected chi connectivity index (χ3v) is 6.74. The number of likely N-dealkylation sites (N-methyl/N-ethyl adjacent to an activating group) is 1. The van der Waals surface area contributed by atoms with Gasteiger partial charge in [-0.15, -0.1) is 0 Å². The van der Waals surface area contributed by atoms with Crippen LogP contribution in [0.4, 0.5) is 4.79 Å². The number of rotatable bonds is 6. The Bertz CT molecular complexity index is 1140. The van der Waals surface area contributed by atoms with Gasteiger partial charge in [-0.25, -0.2) is 14.6 Å². The van der Waals surface area contributed by atoms with Crippen molar-refractivity contribution in [3.63, 3.8) is 0 Å². The Hall–Kier alpha value is -3.73. The predicted molar refractivity (Wildman–Crippen MR) is 133 cm³/mol. The van der Waals surface area contributed by atoms with Crippen molar-refractivity contribution < 1.29 is 24.3 Å². The summed E-state index contributed by atoms with van der Waals surface area (Å²) in [4.78, 5) is 62.3. The van der Waals surface area contributed by atoms with Gasteiger partial charge in [-0.2, -0.15) is 0 Å². The van der Waals surface area contributed by atoms with E-state index < -0.39 is 42.4 Å². The van der Waals surface area contributed by atoms with Crippen LogP contribution in [0.3, 0.4) is 0 Å². The van der Waals surface area contributed by atoms with Crippen molar-refractivity contribution in [2.24, 2.45) is 10.7 Å². The van der Waals surface area contributed by atoms with Crippen molar-refractivity contribution in [2.45, 2.75) is 44.9 Å². The lowest BCUT2D eigenvalue weighted by Crippen LogP contribution is -2.66. The third-order valence-electron chi connectivity index (χ3n) is 6.74. The Morgan fingerprint density at radius 2 is 1.94 bits per heavy atom. The van der Waals surface area contributed by atoms with Crippen molar-refractivity contribution in [2.75, 3.05) is 33.2 Å². The number of aromatic carboxylic acids is 1. The maximum atomic E-state index is 13.7. The van der Waals surface area contributed by atoms with Gasteiger partial charge in [0.25, 0.3) is 5.91 Å². The number of urea groups is 1. The van der Waals surface area contributed by atoms with Gasteiger partial charge in [-0.1, -0.05) is 23.8 Å². The van der Waals surface area contributed by atoms with Crippen LogP contribution in [0.1, 0.15) is 47.4 Å². The number of amides is 3. The number of imide groups is 1. The maximum absolute atomic E-state index is 13.7. The maximum Gasteiger partial charge on any atom is 0.335 e. The molecule has 2 fully saturated rings. The molecule has 1 aromatic rings. The highest BCUT2D eigenvalue weighted by Crippen LogP contribution is 2.30. The molecule has 3 amide bonds. The highest BCUT2D eigenvalue weighted by molar-refractivity contribution is 6.09. The number of guanidine groups is 1. The van der Waals surface area contributed by atoms with Crippen LogP contribution in [-0.4, -0.2) is 106 Å². The molecule has 11 heteroatoms. The summed E-state index contributed by atoms with van der Waals surface area (Å²) < 4.78 is 0. The third kappa shape index (κ3) is 4.83. The molecule has 4 rings (SSSR count). The standard InChI is InChI=1S/C25H32N6O5/c1-15(2)9-11-30-20-21(27-24(30)29-10-5-8-18(26)13-29)28(3)25(36)31(22(20)33)14-19(32)16-6-4-7-17(12-16)23(34)35/h4,6-7,9,12,18,20-21H,5,8,10-11,13-14,26H2,1-3H3,(H,34,35). The first-order chi connectivity index (χ1) is 17.1. The Kier molecular flexibility index (Phi) is 7.11. The van der Waals surface area contributed by atoms with Crippen LogP contribution in [-0.2, 0) is 4.79 Å². The summed E-state index contributed by atoms with van der Waals surface area (Å²) in [6.45, 7) is 5.23. The molecule has 0 spiro atoms. The molecule has 3 aliphatic rings. The van der Waals surface area contributed by atoms with Crippen molar-refractivity contribution in [1.29, 1.82) is 0 Å².